The van der Waals surface area contributed by atoms with Gasteiger partial charge in [0.15, 0.2) is 6.10 Å². The van der Waals surface area contributed by atoms with Gasteiger partial charge in [0.25, 0.3) is 5.91 Å². The third kappa shape index (κ3) is 4.92. The molecule has 0 saturated carbocycles. The lowest BCUT2D eigenvalue weighted by Crippen LogP contribution is -2.49. The molecule has 1 saturated heterocycles. The predicted octanol–water partition coefficient (Wildman–Crippen LogP) is 3.30. The van der Waals surface area contributed by atoms with Gasteiger partial charge in [0.05, 0.1) is 11.5 Å². The van der Waals surface area contributed by atoms with Crippen LogP contribution in [-0.4, -0.2) is 55.0 Å². The summed E-state index contributed by atoms with van der Waals surface area (Å²) in [6.45, 7) is 3.95. The highest BCUT2D eigenvalue weighted by molar-refractivity contribution is 5.83. The van der Waals surface area contributed by atoms with E-state index >= 15 is 0 Å². The van der Waals surface area contributed by atoms with Crippen LogP contribution in [0.2, 0.25) is 0 Å². The second kappa shape index (κ2) is 9.85. The summed E-state index contributed by atoms with van der Waals surface area (Å²) in [6.07, 6.45) is -0.663. The van der Waals surface area contributed by atoms with Crippen LogP contribution >= 0.6 is 0 Å². The summed E-state index contributed by atoms with van der Waals surface area (Å²) in [7, 11) is 0. The molecule has 1 aliphatic carbocycles. The second-order valence-electron chi connectivity index (χ2n) is 9.39. The Hall–Kier alpha value is -3.39. The number of fused-ring (bicyclic) bond motifs is 3. The maximum atomic E-state index is 12.6. The van der Waals surface area contributed by atoms with Gasteiger partial charge in [-0.3, -0.25) is 9.59 Å². The van der Waals surface area contributed by atoms with E-state index in [9.17, 15) is 19.5 Å². The Bertz CT molecular complexity index is 1040. The molecule has 2 aliphatic rings. The van der Waals surface area contributed by atoms with Gasteiger partial charge in [-0.25, -0.2) is 4.79 Å². The Morgan fingerprint density at radius 3 is 2.29 bits per heavy atom. The van der Waals surface area contributed by atoms with E-state index in [1.165, 1.54) is 0 Å². The predicted molar refractivity (Wildman–Crippen MR) is 125 cm³/mol. The summed E-state index contributed by atoms with van der Waals surface area (Å²) in [5, 5.41) is 14.7. The van der Waals surface area contributed by atoms with Gasteiger partial charge in [0, 0.05) is 19.1 Å². The molecule has 0 spiro atoms. The van der Waals surface area contributed by atoms with Crippen LogP contribution in [0.25, 0.3) is 11.1 Å². The quantitative estimate of drug-likeness (QED) is 0.550. The molecule has 0 radical (unpaired) electrons. The summed E-state index contributed by atoms with van der Waals surface area (Å²) in [6, 6.07) is 15.7. The third-order valence-corrected chi connectivity index (χ3v) is 6.63. The van der Waals surface area contributed by atoms with Crippen molar-refractivity contribution in [1.29, 1.82) is 0 Å². The Morgan fingerprint density at radius 1 is 1.06 bits per heavy atom. The number of ether oxygens (including phenoxy) is 2. The zero-order valence-electron chi connectivity index (χ0n) is 19.4. The van der Waals surface area contributed by atoms with Crippen LogP contribution in [0, 0.1) is 5.41 Å². The number of rotatable bonds is 8. The Balaban J connectivity index is 1.31. The molecule has 2 atom stereocenters. The monoisotopic (exact) mass is 466 g/mol. The molecule has 1 fully saturated rings. The maximum Gasteiger partial charge on any atom is 0.407 e. The minimum Gasteiger partial charge on any atom is -0.481 e. The van der Waals surface area contributed by atoms with Gasteiger partial charge in [-0.05, 0) is 48.9 Å². The van der Waals surface area contributed by atoms with Crippen molar-refractivity contribution in [3.63, 3.8) is 0 Å². The largest absolute Gasteiger partial charge is 0.481 e. The molecule has 2 aromatic rings. The normalized spacial score (nSPS) is 19.2. The smallest absolute Gasteiger partial charge is 0.407 e. The molecule has 180 valence electrons. The number of nitrogens with one attached hydrogen (secondary N) is 2. The molecule has 3 N–H and O–H groups in total. The topological polar surface area (TPSA) is 114 Å². The van der Waals surface area contributed by atoms with Gasteiger partial charge in [0.1, 0.15) is 6.61 Å². The fourth-order valence-corrected chi connectivity index (χ4v) is 4.49. The van der Waals surface area contributed by atoms with E-state index in [-0.39, 0.29) is 31.4 Å². The third-order valence-electron chi connectivity index (χ3n) is 6.63. The number of aliphatic carboxylic acids is 1. The zero-order valence-corrected chi connectivity index (χ0v) is 19.4. The number of hydrogen-bond donors (Lipinski definition) is 3. The Labute approximate surface area is 198 Å². The van der Waals surface area contributed by atoms with Crippen LogP contribution in [0.4, 0.5) is 4.79 Å². The Morgan fingerprint density at radius 2 is 1.68 bits per heavy atom. The average molecular weight is 467 g/mol. The highest BCUT2D eigenvalue weighted by Crippen LogP contribution is 2.44. The average Bonchev–Trinajstić information content (AvgIpc) is 3.40. The molecule has 8 heteroatoms. The summed E-state index contributed by atoms with van der Waals surface area (Å²) >= 11 is 0. The van der Waals surface area contributed by atoms with Gasteiger partial charge < -0.3 is 25.2 Å². The van der Waals surface area contributed by atoms with Gasteiger partial charge in [-0.15, -0.1) is 0 Å². The van der Waals surface area contributed by atoms with E-state index < -0.39 is 29.6 Å². The van der Waals surface area contributed by atoms with Crippen LogP contribution in [0.3, 0.4) is 0 Å². The zero-order chi connectivity index (χ0) is 24.3. The SMILES string of the molecule is CC(C)(CCNC(=O)C1OCCC1NC(=O)OCC1c2ccccc2-c2ccccc21)C(=O)O. The summed E-state index contributed by atoms with van der Waals surface area (Å²) < 4.78 is 11.1. The minimum absolute atomic E-state index is 0.0466. The van der Waals surface area contributed by atoms with E-state index in [0.29, 0.717) is 13.0 Å². The number of carbonyl (C=O) groups is 3. The maximum absolute atomic E-state index is 12.6. The van der Waals surface area contributed by atoms with Crippen LogP contribution in [0.5, 0.6) is 0 Å². The number of alkyl carbamates (subject to hydrolysis) is 1. The molecule has 4 rings (SSSR count). The standard InChI is InChI=1S/C26H30N2O6/c1-26(2,24(30)31)12-13-27-23(29)22-21(11-14-33-22)28-25(32)34-15-20-18-9-5-3-7-16(18)17-8-4-6-10-19(17)20/h3-10,20-22H,11-15H2,1-2H3,(H,27,29)(H,28,32)(H,30,31). The Kier molecular flexibility index (Phi) is 6.88. The van der Waals surface area contributed by atoms with E-state index in [0.717, 1.165) is 22.3 Å². The van der Waals surface area contributed by atoms with Crippen molar-refractivity contribution in [3.8, 4) is 11.1 Å². The first-order valence-corrected chi connectivity index (χ1v) is 11.5. The number of carboxylic acids is 1. The highest BCUT2D eigenvalue weighted by atomic mass is 16.6. The lowest BCUT2D eigenvalue weighted by molar-refractivity contribution is -0.147. The van der Waals surface area contributed by atoms with Crippen LogP contribution in [0.15, 0.2) is 48.5 Å². The molecule has 0 aromatic heterocycles. The molecular formula is C26H30N2O6. The van der Waals surface area contributed by atoms with Gasteiger partial charge in [0.2, 0.25) is 0 Å². The lowest BCUT2D eigenvalue weighted by Gasteiger charge is -2.22. The molecule has 1 heterocycles. The van der Waals surface area contributed by atoms with E-state index in [4.69, 9.17) is 9.47 Å². The minimum atomic E-state index is -0.942. The summed E-state index contributed by atoms with van der Waals surface area (Å²) in [5.74, 6) is -1.34. The molecule has 34 heavy (non-hydrogen) atoms. The molecular weight excluding hydrogens is 436 g/mol. The number of carboxylic acid groups (broad SMARTS) is 1. The fourth-order valence-electron chi connectivity index (χ4n) is 4.49. The van der Waals surface area contributed by atoms with Crippen molar-refractivity contribution in [2.24, 2.45) is 5.41 Å². The molecule has 8 nitrogen and oxygen atoms in total. The fraction of sp³-hybridized carbons (Fsp3) is 0.423. The van der Waals surface area contributed by atoms with E-state index in [2.05, 4.69) is 34.9 Å². The second-order valence-corrected chi connectivity index (χ2v) is 9.39. The first kappa shape index (κ1) is 23.8. The molecule has 0 bridgehead atoms. The number of benzene rings is 2. The summed E-state index contributed by atoms with van der Waals surface area (Å²) in [5.41, 5.74) is 3.62. The van der Waals surface area contributed by atoms with Crippen molar-refractivity contribution >= 4 is 18.0 Å². The molecule has 2 aromatic carbocycles. The van der Waals surface area contributed by atoms with Gasteiger partial charge in [-0.1, -0.05) is 48.5 Å². The van der Waals surface area contributed by atoms with Crippen LogP contribution < -0.4 is 10.6 Å². The highest BCUT2D eigenvalue weighted by Gasteiger charge is 2.36. The van der Waals surface area contributed by atoms with Crippen LogP contribution in [-0.2, 0) is 19.1 Å². The summed E-state index contributed by atoms with van der Waals surface area (Å²) in [4.78, 5) is 36.4. The van der Waals surface area contributed by atoms with Crippen molar-refractivity contribution < 1.29 is 29.0 Å². The number of carbonyl (C=O) groups excluding carboxylic acids is 2. The van der Waals surface area contributed by atoms with Crippen molar-refractivity contribution in [2.75, 3.05) is 19.8 Å². The van der Waals surface area contributed by atoms with Crippen molar-refractivity contribution in [2.45, 2.75) is 44.8 Å². The first-order valence-electron chi connectivity index (χ1n) is 11.5. The van der Waals surface area contributed by atoms with Crippen molar-refractivity contribution in [3.05, 3.63) is 59.7 Å². The lowest BCUT2D eigenvalue weighted by atomic mass is 9.89. The molecule has 1 aliphatic heterocycles. The first-order chi connectivity index (χ1) is 16.3. The molecule has 2 amide bonds. The number of hydrogen-bond acceptors (Lipinski definition) is 5. The molecule has 2 unspecified atom stereocenters. The van der Waals surface area contributed by atoms with Gasteiger partial charge >= 0.3 is 12.1 Å². The van der Waals surface area contributed by atoms with Crippen LogP contribution in [0.1, 0.15) is 43.7 Å². The van der Waals surface area contributed by atoms with E-state index in [1.807, 2.05) is 24.3 Å². The van der Waals surface area contributed by atoms with Gasteiger partial charge in [-0.2, -0.15) is 0 Å². The number of amides is 2. The van der Waals surface area contributed by atoms with Crippen molar-refractivity contribution in [1.82, 2.24) is 10.6 Å². The van der Waals surface area contributed by atoms with E-state index in [1.54, 1.807) is 13.8 Å².